The van der Waals surface area contributed by atoms with Crippen LogP contribution in [0.2, 0.25) is 0 Å². The summed E-state index contributed by atoms with van der Waals surface area (Å²) in [5, 5.41) is 19.0. The molecule has 0 bridgehead atoms. The molecule has 1 unspecified atom stereocenters. The zero-order valence-electron chi connectivity index (χ0n) is 9.17. The lowest BCUT2D eigenvalue weighted by molar-refractivity contribution is 0.179. The average molecular weight is 294 g/mol. The third-order valence-corrected chi connectivity index (χ3v) is 3.29. The van der Waals surface area contributed by atoms with Gasteiger partial charge in [-0.05, 0) is 12.1 Å². The van der Waals surface area contributed by atoms with Crippen molar-refractivity contribution in [2.24, 2.45) is 0 Å². The summed E-state index contributed by atoms with van der Waals surface area (Å²) in [5.41, 5.74) is 1.82. The van der Waals surface area contributed by atoms with Gasteiger partial charge in [0, 0.05) is 5.33 Å². The SMILES string of the molecule is N#CCc1nc2ccccc2n1CC(O)CBr. The van der Waals surface area contributed by atoms with E-state index in [0.29, 0.717) is 17.7 Å². The fraction of sp³-hybridized carbons (Fsp3) is 0.333. The number of para-hydroxylation sites is 2. The second-order valence-electron chi connectivity index (χ2n) is 3.77. The van der Waals surface area contributed by atoms with Crippen molar-refractivity contribution >= 4 is 27.0 Å². The average Bonchev–Trinajstić information content (AvgIpc) is 2.68. The number of nitriles is 1. The number of nitrogens with zero attached hydrogens (tertiary/aromatic N) is 3. The molecule has 0 spiro atoms. The van der Waals surface area contributed by atoms with Gasteiger partial charge in [-0.15, -0.1) is 0 Å². The fourth-order valence-corrected chi connectivity index (χ4v) is 2.00. The number of fused-ring (bicyclic) bond motifs is 1. The molecule has 17 heavy (non-hydrogen) atoms. The third-order valence-electron chi connectivity index (χ3n) is 2.54. The van der Waals surface area contributed by atoms with Crippen LogP contribution in [0.25, 0.3) is 11.0 Å². The summed E-state index contributed by atoms with van der Waals surface area (Å²) in [4.78, 5) is 4.40. The van der Waals surface area contributed by atoms with E-state index in [0.717, 1.165) is 11.0 Å². The van der Waals surface area contributed by atoms with E-state index in [-0.39, 0.29) is 6.42 Å². The largest absolute Gasteiger partial charge is 0.390 e. The van der Waals surface area contributed by atoms with Crippen LogP contribution >= 0.6 is 15.9 Å². The minimum absolute atomic E-state index is 0.254. The molecule has 1 N–H and O–H groups in total. The van der Waals surface area contributed by atoms with Crippen LogP contribution in [-0.4, -0.2) is 26.1 Å². The van der Waals surface area contributed by atoms with Crippen molar-refractivity contribution < 1.29 is 5.11 Å². The van der Waals surface area contributed by atoms with Gasteiger partial charge in [-0.2, -0.15) is 5.26 Å². The highest BCUT2D eigenvalue weighted by Crippen LogP contribution is 2.17. The summed E-state index contributed by atoms with van der Waals surface area (Å²) >= 11 is 3.24. The van der Waals surface area contributed by atoms with E-state index in [1.54, 1.807) is 0 Å². The van der Waals surface area contributed by atoms with E-state index in [9.17, 15) is 5.11 Å². The van der Waals surface area contributed by atoms with Crippen LogP contribution in [0.1, 0.15) is 5.82 Å². The van der Waals surface area contributed by atoms with Crippen LogP contribution in [0.4, 0.5) is 0 Å². The molecule has 5 heteroatoms. The quantitative estimate of drug-likeness (QED) is 0.875. The van der Waals surface area contributed by atoms with Crippen LogP contribution in [-0.2, 0) is 13.0 Å². The van der Waals surface area contributed by atoms with E-state index >= 15 is 0 Å². The van der Waals surface area contributed by atoms with Crippen molar-refractivity contribution in [1.82, 2.24) is 9.55 Å². The summed E-state index contributed by atoms with van der Waals surface area (Å²) in [7, 11) is 0. The molecule has 2 aromatic rings. The number of alkyl halides is 1. The Labute approximate surface area is 108 Å². The highest BCUT2D eigenvalue weighted by Gasteiger charge is 2.12. The van der Waals surface area contributed by atoms with Crippen LogP contribution in [0, 0.1) is 11.3 Å². The van der Waals surface area contributed by atoms with Crippen molar-refractivity contribution in [2.45, 2.75) is 19.1 Å². The van der Waals surface area contributed by atoms with Gasteiger partial charge < -0.3 is 9.67 Å². The summed E-state index contributed by atoms with van der Waals surface area (Å²) in [5.74, 6) is 0.703. The monoisotopic (exact) mass is 293 g/mol. The molecule has 1 heterocycles. The molecular formula is C12H12BrN3O. The number of aliphatic hydroxyl groups is 1. The number of halogens is 1. The Morgan fingerprint density at radius 3 is 2.94 bits per heavy atom. The maximum absolute atomic E-state index is 9.70. The second-order valence-corrected chi connectivity index (χ2v) is 4.42. The first kappa shape index (κ1) is 12.1. The zero-order valence-corrected chi connectivity index (χ0v) is 10.8. The molecule has 2 rings (SSSR count). The van der Waals surface area contributed by atoms with E-state index in [1.165, 1.54) is 0 Å². The molecule has 0 aliphatic heterocycles. The van der Waals surface area contributed by atoms with Crippen molar-refractivity contribution in [3.05, 3.63) is 30.1 Å². The van der Waals surface area contributed by atoms with Crippen LogP contribution in [0.3, 0.4) is 0 Å². The molecule has 0 amide bonds. The van der Waals surface area contributed by atoms with E-state index in [1.807, 2.05) is 28.8 Å². The van der Waals surface area contributed by atoms with Gasteiger partial charge >= 0.3 is 0 Å². The standard InChI is InChI=1S/C12H12BrN3O/c13-7-9(17)8-16-11-4-2-1-3-10(11)15-12(16)5-6-14/h1-4,9,17H,5,7-8H2. The van der Waals surface area contributed by atoms with Gasteiger partial charge in [-0.1, -0.05) is 28.1 Å². The highest BCUT2D eigenvalue weighted by atomic mass is 79.9. The van der Waals surface area contributed by atoms with Crippen molar-refractivity contribution in [2.75, 3.05) is 5.33 Å². The molecule has 88 valence electrons. The van der Waals surface area contributed by atoms with Gasteiger partial charge in [-0.25, -0.2) is 4.98 Å². The molecule has 1 aromatic carbocycles. The highest BCUT2D eigenvalue weighted by molar-refractivity contribution is 9.09. The van der Waals surface area contributed by atoms with Crippen LogP contribution in [0.15, 0.2) is 24.3 Å². The predicted molar refractivity (Wildman–Crippen MR) is 68.9 cm³/mol. The van der Waals surface area contributed by atoms with Crippen LogP contribution < -0.4 is 0 Å². The minimum atomic E-state index is -0.481. The van der Waals surface area contributed by atoms with Crippen molar-refractivity contribution in [3.63, 3.8) is 0 Å². The summed E-state index contributed by atoms with van der Waals surface area (Å²) in [6.45, 7) is 0.447. The number of imidazole rings is 1. The Hall–Kier alpha value is -1.38. The van der Waals surface area contributed by atoms with Crippen molar-refractivity contribution in [3.8, 4) is 6.07 Å². The number of hydrogen-bond acceptors (Lipinski definition) is 3. The predicted octanol–water partition coefficient (Wildman–Crippen LogP) is 1.86. The third kappa shape index (κ3) is 2.48. The first-order chi connectivity index (χ1) is 8.26. The molecule has 1 aromatic heterocycles. The summed E-state index contributed by atoms with van der Waals surface area (Å²) in [6.07, 6.45) is -0.228. The number of rotatable bonds is 4. The topological polar surface area (TPSA) is 61.8 Å². The molecule has 0 saturated carbocycles. The maximum atomic E-state index is 9.70. The maximum Gasteiger partial charge on any atom is 0.124 e. The van der Waals surface area contributed by atoms with Gasteiger partial charge in [0.25, 0.3) is 0 Å². The Balaban J connectivity index is 2.48. The van der Waals surface area contributed by atoms with E-state index in [4.69, 9.17) is 5.26 Å². The lowest BCUT2D eigenvalue weighted by Crippen LogP contribution is -2.18. The molecule has 0 aliphatic carbocycles. The van der Waals surface area contributed by atoms with Gasteiger partial charge in [-0.3, -0.25) is 0 Å². The summed E-state index contributed by atoms with van der Waals surface area (Å²) < 4.78 is 1.91. The Kier molecular flexibility index (Phi) is 3.77. The van der Waals surface area contributed by atoms with Crippen LogP contribution in [0.5, 0.6) is 0 Å². The first-order valence-electron chi connectivity index (χ1n) is 5.31. The first-order valence-corrected chi connectivity index (χ1v) is 6.43. The van der Waals surface area contributed by atoms with Gasteiger partial charge in [0.05, 0.1) is 36.2 Å². The number of hydrogen-bond donors (Lipinski definition) is 1. The lowest BCUT2D eigenvalue weighted by atomic mass is 10.3. The molecule has 0 saturated heterocycles. The van der Waals surface area contributed by atoms with Crippen molar-refractivity contribution in [1.29, 1.82) is 5.26 Å². The van der Waals surface area contributed by atoms with Gasteiger partial charge in [0.1, 0.15) is 5.82 Å². The molecule has 4 nitrogen and oxygen atoms in total. The van der Waals surface area contributed by atoms with E-state index in [2.05, 4.69) is 27.0 Å². The Morgan fingerprint density at radius 1 is 1.47 bits per heavy atom. The number of aromatic nitrogens is 2. The van der Waals surface area contributed by atoms with Gasteiger partial charge in [0.2, 0.25) is 0 Å². The molecular weight excluding hydrogens is 282 g/mol. The lowest BCUT2D eigenvalue weighted by Gasteiger charge is -2.11. The second kappa shape index (κ2) is 5.30. The smallest absolute Gasteiger partial charge is 0.124 e. The fourth-order valence-electron chi connectivity index (χ4n) is 1.79. The summed E-state index contributed by atoms with van der Waals surface area (Å²) in [6, 6.07) is 9.80. The number of aliphatic hydroxyl groups excluding tert-OH is 1. The Morgan fingerprint density at radius 2 is 2.24 bits per heavy atom. The van der Waals surface area contributed by atoms with E-state index < -0.39 is 6.10 Å². The zero-order chi connectivity index (χ0) is 12.3. The van der Waals surface area contributed by atoms with Gasteiger partial charge in [0.15, 0.2) is 0 Å². The molecule has 0 radical (unpaired) electrons. The Bertz CT molecular complexity index is 558. The molecule has 1 atom stereocenters. The molecule has 0 aliphatic rings. The molecule has 0 fully saturated rings. The number of benzene rings is 1. The minimum Gasteiger partial charge on any atom is -0.390 e. The normalized spacial score (nSPS) is 12.5.